The molecular formula is C22H26ClN5O2. The van der Waals surface area contributed by atoms with Crippen LogP contribution in [-0.4, -0.2) is 42.6 Å². The average Bonchev–Trinajstić information content (AvgIpc) is 2.81. The molecule has 7 nitrogen and oxygen atoms in total. The van der Waals surface area contributed by atoms with E-state index in [1.807, 2.05) is 24.3 Å². The zero-order valence-corrected chi connectivity index (χ0v) is 17.6. The van der Waals surface area contributed by atoms with Gasteiger partial charge < -0.3 is 15.0 Å². The minimum atomic E-state index is -0.238. The Morgan fingerprint density at radius 2 is 2.00 bits per heavy atom. The number of anilines is 2. The Balaban J connectivity index is 1.38. The van der Waals surface area contributed by atoms with Crippen LogP contribution in [-0.2, 0) is 4.74 Å². The lowest BCUT2D eigenvalue weighted by Gasteiger charge is -2.34. The summed E-state index contributed by atoms with van der Waals surface area (Å²) < 4.78 is 7.04. The van der Waals surface area contributed by atoms with Gasteiger partial charge in [-0.25, -0.2) is 4.68 Å². The highest BCUT2D eigenvalue weighted by molar-refractivity contribution is 6.32. The van der Waals surface area contributed by atoms with Gasteiger partial charge in [0.05, 0.1) is 36.2 Å². The van der Waals surface area contributed by atoms with Gasteiger partial charge in [0, 0.05) is 31.9 Å². The van der Waals surface area contributed by atoms with Gasteiger partial charge in [-0.15, -0.1) is 0 Å². The number of nitrogens with zero attached hydrogens (tertiary/aromatic N) is 4. The highest BCUT2D eigenvalue weighted by Crippen LogP contribution is 2.27. The molecule has 1 atom stereocenters. The molecule has 8 heteroatoms. The van der Waals surface area contributed by atoms with Crippen molar-refractivity contribution in [3.63, 3.8) is 0 Å². The summed E-state index contributed by atoms with van der Waals surface area (Å²) in [6.45, 7) is 3.95. The molecule has 1 N–H and O–H groups in total. The van der Waals surface area contributed by atoms with Crippen LogP contribution in [0.2, 0.25) is 5.02 Å². The Morgan fingerprint density at radius 3 is 2.67 bits per heavy atom. The van der Waals surface area contributed by atoms with Crippen LogP contribution >= 0.6 is 11.6 Å². The number of piperidine rings is 1. The maximum absolute atomic E-state index is 12.8. The zero-order chi connectivity index (χ0) is 20.9. The molecule has 4 rings (SSSR count). The van der Waals surface area contributed by atoms with E-state index in [-0.39, 0.29) is 16.6 Å². The first-order valence-electron chi connectivity index (χ1n) is 10.5. The number of nitrogens with one attached hydrogen (secondary N) is 1. The highest BCUT2D eigenvalue weighted by Gasteiger charge is 2.24. The number of halogens is 1. The van der Waals surface area contributed by atoms with Crippen molar-refractivity contribution in [1.29, 1.82) is 5.26 Å². The molecule has 1 aromatic heterocycles. The summed E-state index contributed by atoms with van der Waals surface area (Å²) in [4.78, 5) is 15.1. The lowest BCUT2D eigenvalue weighted by Crippen LogP contribution is -2.38. The molecule has 0 spiro atoms. The average molecular weight is 428 g/mol. The Bertz CT molecular complexity index is 955. The molecule has 0 bridgehead atoms. The molecule has 2 fully saturated rings. The quantitative estimate of drug-likeness (QED) is 0.786. The maximum atomic E-state index is 12.8. The van der Waals surface area contributed by atoms with Gasteiger partial charge in [-0.05, 0) is 55.9 Å². The van der Waals surface area contributed by atoms with Gasteiger partial charge >= 0.3 is 0 Å². The van der Waals surface area contributed by atoms with E-state index in [1.165, 1.54) is 4.68 Å². The number of hydrogen-bond acceptors (Lipinski definition) is 6. The third-order valence-corrected chi connectivity index (χ3v) is 6.32. The molecule has 2 aliphatic rings. The van der Waals surface area contributed by atoms with Gasteiger partial charge in [-0.1, -0.05) is 11.6 Å². The van der Waals surface area contributed by atoms with E-state index in [1.54, 1.807) is 6.20 Å². The molecule has 0 saturated carbocycles. The Kier molecular flexibility index (Phi) is 6.56. The smallest absolute Gasteiger partial charge is 0.287 e. The molecule has 2 saturated heterocycles. The van der Waals surface area contributed by atoms with Gasteiger partial charge in [-0.2, -0.15) is 10.4 Å². The summed E-state index contributed by atoms with van der Waals surface area (Å²) in [6.07, 6.45) is 5.49. The zero-order valence-electron chi connectivity index (χ0n) is 16.9. The molecular weight excluding hydrogens is 402 g/mol. The monoisotopic (exact) mass is 427 g/mol. The molecule has 0 unspecified atom stereocenters. The first-order valence-corrected chi connectivity index (χ1v) is 10.9. The second-order valence-electron chi connectivity index (χ2n) is 7.96. The fraction of sp³-hybridized carbons (Fsp3) is 0.500. The molecule has 3 heterocycles. The minimum Gasteiger partial charge on any atom is -0.382 e. The van der Waals surface area contributed by atoms with Crippen LogP contribution < -0.4 is 15.8 Å². The summed E-state index contributed by atoms with van der Waals surface area (Å²) in [6, 6.07) is 9.78. The standard InChI is InChI=1S/C22H26ClN5O2/c23-21-20(25-13-17-2-1-11-30-15-17)14-26-28(22(21)29)19-7-9-27(10-8-19)18-5-3-16(12-24)4-6-18/h3-6,14,17,19,25H,1-2,7-11,13,15H2/t17-/m1/s1. The van der Waals surface area contributed by atoms with Crippen molar-refractivity contribution in [2.75, 3.05) is 43.1 Å². The van der Waals surface area contributed by atoms with Gasteiger partial charge in [0.25, 0.3) is 5.56 Å². The van der Waals surface area contributed by atoms with E-state index in [4.69, 9.17) is 21.6 Å². The number of nitriles is 1. The second-order valence-corrected chi connectivity index (χ2v) is 8.34. The topological polar surface area (TPSA) is 83.2 Å². The predicted molar refractivity (Wildman–Crippen MR) is 117 cm³/mol. The van der Waals surface area contributed by atoms with E-state index in [0.717, 1.165) is 64.2 Å². The third kappa shape index (κ3) is 4.61. The van der Waals surface area contributed by atoms with Crippen LogP contribution in [0, 0.1) is 17.2 Å². The first kappa shape index (κ1) is 20.7. The van der Waals surface area contributed by atoms with Crippen LogP contribution in [0.25, 0.3) is 0 Å². The molecule has 158 valence electrons. The summed E-state index contributed by atoms with van der Waals surface area (Å²) in [5, 5.41) is 16.8. The highest BCUT2D eigenvalue weighted by atomic mass is 35.5. The van der Waals surface area contributed by atoms with Crippen LogP contribution in [0.15, 0.2) is 35.3 Å². The molecule has 2 aromatic rings. The van der Waals surface area contributed by atoms with E-state index in [2.05, 4.69) is 21.4 Å². The SMILES string of the molecule is N#Cc1ccc(N2CCC(n3ncc(NC[C@H]4CCCOC4)c(Cl)c3=O)CC2)cc1. The van der Waals surface area contributed by atoms with E-state index in [9.17, 15) is 4.79 Å². The lowest BCUT2D eigenvalue weighted by molar-refractivity contribution is 0.0595. The Hall–Kier alpha value is -2.56. The largest absolute Gasteiger partial charge is 0.382 e. The van der Waals surface area contributed by atoms with Crippen LogP contribution in [0.3, 0.4) is 0 Å². The summed E-state index contributed by atoms with van der Waals surface area (Å²) in [7, 11) is 0. The molecule has 1 aromatic carbocycles. The molecule has 0 aliphatic carbocycles. The minimum absolute atomic E-state index is 0.0328. The van der Waals surface area contributed by atoms with Crippen molar-refractivity contribution in [3.8, 4) is 6.07 Å². The normalized spacial score (nSPS) is 20.0. The summed E-state index contributed by atoms with van der Waals surface area (Å²) in [5.41, 5.74) is 2.11. The van der Waals surface area contributed by atoms with E-state index < -0.39 is 0 Å². The summed E-state index contributed by atoms with van der Waals surface area (Å²) >= 11 is 6.38. The molecule has 0 amide bonds. The number of hydrogen-bond donors (Lipinski definition) is 1. The number of rotatable bonds is 5. The van der Waals surface area contributed by atoms with Crippen molar-refractivity contribution < 1.29 is 4.74 Å². The fourth-order valence-corrected chi connectivity index (χ4v) is 4.37. The van der Waals surface area contributed by atoms with Crippen molar-refractivity contribution >= 4 is 23.0 Å². The summed E-state index contributed by atoms with van der Waals surface area (Å²) in [5.74, 6) is 0.434. The van der Waals surface area contributed by atoms with Crippen LogP contribution in [0.1, 0.15) is 37.3 Å². The van der Waals surface area contributed by atoms with Gasteiger partial charge in [0.1, 0.15) is 5.02 Å². The number of aromatic nitrogens is 2. The van der Waals surface area contributed by atoms with E-state index in [0.29, 0.717) is 17.2 Å². The Morgan fingerprint density at radius 1 is 1.23 bits per heavy atom. The Labute approximate surface area is 181 Å². The maximum Gasteiger partial charge on any atom is 0.287 e. The lowest BCUT2D eigenvalue weighted by atomic mass is 10.0. The molecule has 30 heavy (non-hydrogen) atoms. The van der Waals surface area contributed by atoms with Gasteiger partial charge in [0.2, 0.25) is 0 Å². The third-order valence-electron chi connectivity index (χ3n) is 5.95. The van der Waals surface area contributed by atoms with Crippen molar-refractivity contribution in [3.05, 3.63) is 51.4 Å². The fourth-order valence-electron chi connectivity index (χ4n) is 4.17. The van der Waals surface area contributed by atoms with Gasteiger partial charge in [-0.3, -0.25) is 4.79 Å². The predicted octanol–water partition coefficient (Wildman–Crippen LogP) is 3.45. The van der Waals surface area contributed by atoms with Gasteiger partial charge in [0.15, 0.2) is 0 Å². The molecule has 2 aliphatic heterocycles. The van der Waals surface area contributed by atoms with Crippen molar-refractivity contribution in [2.45, 2.75) is 31.7 Å². The van der Waals surface area contributed by atoms with Crippen molar-refractivity contribution in [1.82, 2.24) is 9.78 Å². The first-order chi connectivity index (χ1) is 14.7. The van der Waals surface area contributed by atoms with Crippen LogP contribution in [0.5, 0.6) is 0 Å². The number of ether oxygens (including phenoxy) is 1. The second kappa shape index (κ2) is 9.50. The van der Waals surface area contributed by atoms with Crippen molar-refractivity contribution in [2.24, 2.45) is 5.92 Å². The number of benzene rings is 1. The van der Waals surface area contributed by atoms with E-state index >= 15 is 0 Å². The molecule has 0 radical (unpaired) electrons. The van der Waals surface area contributed by atoms with Crippen LogP contribution in [0.4, 0.5) is 11.4 Å².